The summed E-state index contributed by atoms with van der Waals surface area (Å²) in [5.74, 6) is -1.95. The zero-order valence-electron chi connectivity index (χ0n) is 8.05. The molecule has 0 bridgehead atoms. The largest absolute Gasteiger partial charge is 0.573 e. The highest BCUT2D eigenvalue weighted by Gasteiger charge is 2.32. The normalized spacial score (nSPS) is 11.3. The van der Waals surface area contributed by atoms with Crippen LogP contribution in [0.2, 0.25) is 0 Å². The Bertz CT molecular complexity index is 354. The second-order valence-electron chi connectivity index (χ2n) is 2.78. The molecule has 0 amide bonds. The molecule has 1 aromatic carbocycles. The summed E-state index contributed by atoms with van der Waals surface area (Å²) in [6.07, 6.45) is -4.92. The average molecular weight is 239 g/mol. The number of alkyl halides is 3. The van der Waals surface area contributed by atoms with E-state index in [9.17, 15) is 17.6 Å². The van der Waals surface area contributed by atoms with E-state index in [4.69, 9.17) is 10.5 Å². The van der Waals surface area contributed by atoms with Crippen LogP contribution in [-0.2, 0) is 0 Å². The van der Waals surface area contributed by atoms with Crippen LogP contribution in [0.25, 0.3) is 0 Å². The lowest BCUT2D eigenvalue weighted by molar-refractivity contribution is -0.275. The van der Waals surface area contributed by atoms with E-state index < -0.39 is 17.9 Å². The molecule has 90 valence electrons. The van der Waals surface area contributed by atoms with E-state index in [1.165, 1.54) is 6.07 Å². The fourth-order valence-corrected chi connectivity index (χ4v) is 0.956. The van der Waals surface area contributed by atoms with Crippen molar-refractivity contribution in [3.05, 3.63) is 24.0 Å². The Labute approximate surface area is 88.8 Å². The molecule has 0 spiro atoms. The smallest absolute Gasteiger partial charge is 0.492 e. The van der Waals surface area contributed by atoms with Gasteiger partial charge in [-0.2, -0.15) is 0 Å². The summed E-state index contributed by atoms with van der Waals surface area (Å²) in [4.78, 5) is 0. The highest BCUT2D eigenvalue weighted by atomic mass is 19.4. The summed E-state index contributed by atoms with van der Waals surface area (Å²) in [7, 11) is 0. The Hall–Kier alpha value is -1.50. The van der Waals surface area contributed by atoms with Crippen LogP contribution in [0, 0.1) is 5.82 Å². The van der Waals surface area contributed by atoms with Gasteiger partial charge in [-0.25, -0.2) is 4.39 Å². The van der Waals surface area contributed by atoms with Gasteiger partial charge in [0, 0.05) is 12.6 Å². The number of hydrogen-bond acceptors (Lipinski definition) is 3. The second-order valence-corrected chi connectivity index (χ2v) is 2.78. The molecule has 0 aliphatic heterocycles. The Morgan fingerprint density at radius 3 is 2.44 bits per heavy atom. The van der Waals surface area contributed by atoms with Crippen LogP contribution in [0.5, 0.6) is 11.5 Å². The van der Waals surface area contributed by atoms with Crippen molar-refractivity contribution in [3.63, 3.8) is 0 Å². The molecule has 0 aliphatic rings. The summed E-state index contributed by atoms with van der Waals surface area (Å²) in [5.41, 5.74) is 5.14. The molecule has 1 aromatic rings. The lowest BCUT2D eigenvalue weighted by atomic mass is 10.3. The van der Waals surface area contributed by atoms with Crippen LogP contribution in [0.15, 0.2) is 18.2 Å². The maximum atomic E-state index is 13.1. The Kier molecular flexibility index (Phi) is 3.94. The van der Waals surface area contributed by atoms with Gasteiger partial charge in [-0.1, -0.05) is 0 Å². The van der Waals surface area contributed by atoms with Gasteiger partial charge in [0.1, 0.15) is 12.4 Å². The minimum atomic E-state index is -4.92. The van der Waals surface area contributed by atoms with Gasteiger partial charge in [0.25, 0.3) is 0 Å². The maximum absolute atomic E-state index is 13.1. The number of halogens is 4. The van der Waals surface area contributed by atoms with Gasteiger partial charge in [0.2, 0.25) is 0 Å². The summed E-state index contributed by atoms with van der Waals surface area (Å²) in [5, 5.41) is 0. The molecule has 0 saturated carbocycles. The molecular formula is C9H9F4NO2. The molecule has 0 aromatic heterocycles. The van der Waals surface area contributed by atoms with Crippen molar-refractivity contribution in [2.24, 2.45) is 5.73 Å². The van der Waals surface area contributed by atoms with Gasteiger partial charge < -0.3 is 15.2 Å². The number of rotatable bonds is 4. The Morgan fingerprint density at radius 2 is 1.94 bits per heavy atom. The van der Waals surface area contributed by atoms with E-state index in [1.807, 2.05) is 0 Å². The fourth-order valence-electron chi connectivity index (χ4n) is 0.956. The number of ether oxygens (including phenoxy) is 2. The molecule has 2 N–H and O–H groups in total. The zero-order valence-corrected chi connectivity index (χ0v) is 8.05. The molecule has 16 heavy (non-hydrogen) atoms. The standard InChI is InChI=1S/C9H9F4NO2/c10-7-5-6(15-4-3-14)1-2-8(7)16-9(11,12)13/h1-2,5H,3-4,14H2. The third-order valence-electron chi connectivity index (χ3n) is 1.52. The Balaban J connectivity index is 2.75. The molecule has 0 saturated heterocycles. The van der Waals surface area contributed by atoms with Gasteiger partial charge in [0.05, 0.1) is 0 Å². The van der Waals surface area contributed by atoms with E-state index >= 15 is 0 Å². The van der Waals surface area contributed by atoms with E-state index in [2.05, 4.69) is 4.74 Å². The summed E-state index contributed by atoms with van der Waals surface area (Å²) >= 11 is 0. The van der Waals surface area contributed by atoms with Crippen LogP contribution in [-0.4, -0.2) is 19.5 Å². The zero-order chi connectivity index (χ0) is 12.2. The second kappa shape index (κ2) is 5.02. The SMILES string of the molecule is NCCOc1ccc(OC(F)(F)F)c(F)c1. The quantitative estimate of drug-likeness (QED) is 0.818. The van der Waals surface area contributed by atoms with Gasteiger partial charge in [-0.15, -0.1) is 13.2 Å². The van der Waals surface area contributed by atoms with E-state index in [0.717, 1.165) is 12.1 Å². The van der Waals surface area contributed by atoms with Gasteiger partial charge >= 0.3 is 6.36 Å². The first-order valence-corrected chi connectivity index (χ1v) is 4.30. The molecule has 0 aliphatic carbocycles. The van der Waals surface area contributed by atoms with Gasteiger partial charge in [0.15, 0.2) is 11.6 Å². The van der Waals surface area contributed by atoms with Crippen molar-refractivity contribution in [3.8, 4) is 11.5 Å². The molecule has 7 heteroatoms. The van der Waals surface area contributed by atoms with E-state index in [-0.39, 0.29) is 18.9 Å². The third kappa shape index (κ3) is 3.93. The molecule has 0 fully saturated rings. The van der Waals surface area contributed by atoms with Crippen molar-refractivity contribution in [2.45, 2.75) is 6.36 Å². The van der Waals surface area contributed by atoms with Crippen molar-refractivity contribution in [2.75, 3.05) is 13.2 Å². The van der Waals surface area contributed by atoms with Crippen molar-refractivity contribution < 1.29 is 27.0 Å². The average Bonchev–Trinajstić information content (AvgIpc) is 2.17. The minimum absolute atomic E-state index is 0.0949. The third-order valence-corrected chi connectivity index (χ3v) is 1.52. The first-order valence-electron chi connectivity index (χ1n) is 4.30. The van der Waals surface area contributed by atoms with Crippen LogP contribution in [0.4, 0.5) is 17.6 Å². The molecule has 0 radical (unpaired) electrons. The van der Waals surface area contributed by atoms with E-state index in [1.54, 1.807) is 0 Å². The summed E-state index contributed by atoms with van der Waals surface area (Å²) in [6, 6.07) is 2.81. The summed E-state index contributed by atoms with van der Waals surface area (Å²) in [6.45, 7) is 0.376. The first-order chi connectivity index (χ1) is 7.42. The van der Waals surface area contributed by atoms with Crippen LogP contribution in [0.1, 0.15) is 0 Å². The fraction of sp³-hybridized carbons (Fsp3) is 0.333. The van der Waals surface area contributed by atoms with Crippen LogP contribution in [0.3, 0.4) is 0 Å². The van der Waals surface area contributed by atoms with Crippen LogP contribution < -0.4 is 15.2 Å². The predicted molar refractivity (Wildman–Crippen MR) is 47.6 cm³/mol. The first kappa shape index (κ1) is 12.6. The number of benzene rings is 1. The van der Waals surface area contributed by atoms with Crippen molar-refractivity contribution in [1.82, 2.24) is 0 Å². The Morgan fingerprint density at radius 1 is 1.25 bits per heavy atom. The number of hydrogen-bond donors (Lipinski definition) is 1. The topological polar surface area (TPSA) is 44.5 Å². The molecule has 3 nitrogen and oxygen atoms in total. The minimum Gasteiger partial charge on any atom is -0.492 e. The van der Waals surface area contributed by atoms with Crippen molar-refractivity contribution in [1.29, 1.82) is 0 Å². The predicted octanol–water partition coefficient (Wildman–Crippen LogP) is 2.06. The molecule has 0 heterocycles. The maximum Gasteiger partial charge on any atom is 0.573 e. The lowest BCUT2D eigenvalue weighted by Gasteiger charge is -2.10. The van der Waals surface area contributed by atoms with E-state index in [0.29, 0.717) is 0 Å². The monoisotopic (exact) mass is 239 g/mol. The number of nitrogens with two attached hydrogens (primary N) is 1. The van der Waals surface area contributed by atoms with Gasteiger partial charge in [-0.05, 0) is 12.1 Å². The van der Waals surface area contributed by atoms with Gasteiger partial charge in [-0.3, -0.25) is 0 Å². The highest BCUT2D eigenvalue weighted by molar-refractivity contribution is 5.33. The van der Waals surface area contributed by atoms with Crippen LogP contribution >= 0.6 is 0 Å². The summed E-state index contributed by atoms with van der Waals surface area (Å²) < 4.78 is 56.8. The lowest BCUT2D eigenvalue weighted by Crippen LogP contribution is -2.18. The molecule has 1 rings (SSSR count). The molecule has 0 atom stereocenters. The molecular weight excluding hydrogens is 230 g/mol. The molecule has 0 unspecified atom stereocenters. The van der Waals surface area contributed by atoms with Crippen molar-refractivity contribution >= 4 is 0 Å². The highest BCUT2D eigenvalue weighted by Crippen LogP contribution is 2.28.